The number of aromatic nitrogens is 2. The van der Waals surface area contributed by atoms with Gasteiger partial charge in [0, 0.05) is 18.0 Å². The van der Waals surface area contributed by atoms with Crippen molar-refractivity contribution < 1.29 is 9.53 Å². The lowest BCUT2D eigenvalue weighted by Crippen LogP contribution is -2.38. The summed E-state index contributed by atoms with van der Waals surface area (Å²) >= 11 is 1.79. The minimum atomic E-state index is -0.0169. The van der Waals surface area contributed by atoms with Crippen LogP contribution in [0.4, 0.5) is 0 Å². The van der Waals surface area contributed by atoms with E-state index >= 15 is 0 Å². The van der Waals surface area contributed by atoms with Crippen LogP contribution in [0.2, 0.25) is 0 Å². The summed E-state index contributed by atoms with van der Waals surface area (Å²) in [7, 11) is 0. The lowest BCUT2D eigenvalue weighted by molar-refractivity contribution is -0.139. The summed E-state index contributed by atoms with van der Waals surface area (Å²) in [5, 5.41) is 9.22. The van der Waals surface area contributed by atoms with Gasteiger partial charge in [-0.25, -0.2) is 0 Å². The van der Waals surface area contributed by atoms with E-state index in [1.165, 1.54) is 16.0 Å². The third-order valence-electron chi connectivity index (χ3n) is 4.55. The molecule has 5 nitrogen and oxygen atoms in total. The van der Waals surface area contributed by atoms with E-state index in [1.54, 1.807) is 11.3 Å². The highest BCUT2D eigenvalue weighted by Gasteiger charge is 2.26. The SMILES string of the molecule is O=C(COC1CCCc2cn[nH]c21)N1CCc2sccc2C1. The minimum absolute atomic E-state index is 0.0169. The van der Waals surface area contributed by atoms with Gasteiger partial charge in [-0.15, -0.1) is 11.3 Å². The summed E-state index contributed by atoms with van der Waals surface area (Å²) in [5.74, 6) is 0.0866. The number of thiophene rings is 1. The van der Waals surface area contributed by atoms with Gasteiger partial charge in [0.15, 0.2) is 0 Å². The molecule has 1 N–H and O–H groups in total. The predicted molar refractivity (Wildman–Crippen MR) is 83.7 cm³/mol. The molecule has 0 radical (unpaired) electrons. The van der Waals surface area contributed by atoms with Gasteiger partial charge in [0.2, 0.25) is 5.91 Å². The number of nitrogens with zero attached hydrogens (tertiary/aromatic N) is 2. The lowest BCUT2D eigenvalue weighted by atomic mass is 9.96. The molecule has 0 spiro atoms. The van der Waals surface area contributed by atoms with Crippen molar-refractivity contribution >= 4 is 17.2 Å². The average Bonchev–Trinajstić information content (AvgIpc) is 3.20. The van der Waals surface area contributed by atoms with Crippen LogP contribution >= 0.6 is 11.3 Å². The molecule has 0 aromatic carbocycles. The van der Waals surface area contributed by atoms with Gasteiger partial charge in [-0.3, -0.25) is 9.89 Å². The second-order valence-electron chi connectivity index (χ2n) is 5.94. The number of fused-ring (bicyclic) bond motifs is 2. The molecule has 1 amide bonds. The number of rotatable bonds is 3. The van der Waals surface area contributed by atoms with Gasteiger partial charge in [-0.1, -0.05) is 0 Å². The number of H-pyrrole nitrogens is 1. The number of hydrogen-bond donors (Lipinski definition) is 1. The Balaban J connectivity index is 1.36. The Morgan fingerprint density at radius 1 is 1.45 bits per heavy atom. The van der Waals surface area contributed by atoms with E-state index in [2.05, 4.69) is 21.6 Å². The number of carbonyl (C=O) groups is 1. The van der Waals surface area contributed by atoms with Crippen LogP contribution in [0, 0.1) is 0 Å². The lowest BCUT2D eigenvalue weighted by Gasteiger charge is -2.28. The maximum Gasteiger partial charge on any atom is 0.248 e. The van der Waals surface area contributed by atoms with E-state index in [0.717, 1.165) is 44.5 Å². The molecule has 1 atom stereocenters. The van der Waals surface area contributed by atoms with Gasteiger partial charge >= 0.3 is 0 Å². The molecule has 0 saturated carbocycles. The fourth-order valence-electron chi connectivity index (χ4n) is 3.31. The van der Waals surface area contributed by atoms with Crippen molar-refractivity contribution in [1.29, 1.82) is 0 Å². The maximum absolute atomic E-state index is 12.4. The monoisotopic (exact) mass is 317 g/mol. The van der Waals surface area contributed by atoms with E-state index in [0.29, 0.717) is 0 Å². The van der Waals surface area contributed by atoms with Gasteiger partial charge in [0.25, 0.3) is 0 Å². The first-order valence-electron chi connectivity index (χ1n) is 7.78. The highest BCUT2D eigenvalue weighted by molar-refractivity contribution is 7.10. The van der Waals surface area contributed by atoms with Crippen molar-refractivity contribution in [2.24, 2.45) is 0 Å². The van der Waals surface area contributed by atoms with Crippen LogP contribution in [0.3, 0.4) is 0 Å². The third kappa shape index (κ3) is 2.57. The first-order valence-corrected chi connectivity index (χ1v) is 8.66. The summed E-state index contributed by atoms with van der Waals surface area (Å²) < 4.78 is 5.89. The first-order chi connectivity index (χ1) is 10.8. The second kappa shape index (κ2) is 5.85. The normalized spacial score (nSPS) is 20.5. The Kier molecular flexibility index (Phi) is 3.72. The van der Waals surface area contributed by atoms with E-state index < -0.39 is 0 Å². The Morgan fingerprint density at radius 2 is 2.41 bits per heavy atom. The fourth-order valence-corrected chi connectivity index (χ4v) is 4.20. The van der Waals surface area contributed by atoms with Gasteiger partial charge in [0.05, 0.1) is 18.0 Å². The van der Waals surface area contributed by atoms with Crippen molar-refractivity contribution in [2.45, 2.75) is 38.3 Å². The Bertz CT molecular complexity index is 678. The van der Waals surface area contributed by atoms with E-state index in [-0.39, 0.29) is 18.6 Å². The zero-order chi connectivity index (χ0) is 14.9. The van der Waals surface area contributed by atoms with E-state index in [4.69, 9.17) is 4.74 Å². The Morgan fingerprint density at radius 3 is 3.36 bits per heavy atom. The fraction of sp³-hybridized carbons (Fsp3) is 0.500. The van der Waals surface area contributed by atoms with Crippen LogP contribution in [0.15, 0.2) is 17.6 Å². The van der Waals surface area contributed by atoms with Crippen molar-refractivity contribution in [3.05, 3.63) is 39.3 Å². The number of aromatic amines is 1. The van der Waals surface area contributed by atoms with Crippen LogP contribution in [0.5, 0.6) is 0 Å². The standard InChI is InChI=1S/C16H19N3O2S/c20-15(19-6-4-14-12(9-19)5-7-22-14)10-21-13-3-1-2-11-8-17-18-16(11)13/h5,7-8,13H,1-4,6,9-10H2,(H,17,18). The largest absolute Gasteiger partial charge is 0.362 e. The molecule has 1 aliphatic heterocycles. The quantitative estimate of drug-likeness (QED) is 0.946. The van der Waals surface area contributed by atoms with E-state index in [1.807, 2.05) is 11.1 Å². The molecule has 0 saturated heterocycles. The molecular weight excluding hydrogens is 298 g/mol. The molecule has 2 aliphatic rings. The molecule has 1 unspecified atom stereocenters. The van der Waals surface area contributed by atoms with E-state index in [9.17, 15) is 4.79 Å². The van der Waals surface area contributed by atoms with Crippen molar-refractivity contribution in [1.82, 2.24) is 15.1 Å². The average molecular weight is 317 g/mol. The summed E-state index contributed by atoms with van der Waals surface area (Å²) in [4.78, 5) is 15.7. The zero-order valence-electron chi connectivity index (χ0n) is 12.4. The van der Waals surface area contributed by atoms with Gasteiger partial charge < -0.3 is 9.64 Å². The summed E-state index contributed by atoms with van der Waals surface area (Å²) in [6.07, 6.45) is 5.91. The highest BCUT2D eigenvalue weighted by Crippen LogP contribution is 2.31. The topological polar surface area (TPSA) is 58.2 Å². The van der Waals surface area contributed by atoms with Gasteiger partial charge in [0.1, 0.15) is 6.61 Å². The van der Waals surface area contributed by atoms with Gasteiger partial charge in [-0.05, 0) is 48.3 Å². The molecule has 2 aromatic heterocycles. The molecule has 0 fully saturated rings. The number of ether oxygens (including phenoxy) is 1. The first kappa shape index (κ1) is 14.0. The molecule has 2 aromatic rings. The summed E-state index contributed by atoms with van der Waals surface area (Å²) in [6.45, 7) is 1.68. The number of aryl methyl sites for hydroxylation is 1. The van der Waals surface area contributed by atoms with Crippen LogP contribution in [-0.2, 0) is 28.9 Å². The molecule has 6 heteroatoms. The second-order valence-corrected chi connectivity index (χ2v) is 6.94. The minimum Gasteiger partial charge on any atom is -0.362 e. The molecular formula is C16H19N3O2S. The zero-order valence-corrected chi connectivity index (χ0v) is 13.2. The molecule has 4 rings (SSSR count). The smallest absolute Gasteiger partial charge is 0.248 e. The predicted octanol–water partition coefficient (Wildman–Crippen LogP) is 2.45. The number of carbonyl (C=O) groups excluding carboxylic acids is 1. The highest BCUT2D eigenvalue weighted by atomic mass is 32.1. The van der Waals surface area contributed by atoms with Crippen LogP contribution < -0.4 is 0 Å². The Hall–Kier alpha value is -1.66. The Labute approximate surface area is 133 Å². The molecule has 1 aliphatic carbocycles. The molecule has 3 heterocycles. The van der Waals surface area contributed by atoms with Crippen molar-refractivity contribution in [3.8, 4) is 0 Å². The number of hydrogen-bond acceptors (Lipinski definition) is 4. The summed E-state index contributed by atoms with van der Waals surface area (Å²) in [6, 6.07) is 2.12. The van der Waals surface area contributed by atoms with Crippen molar-refractivity contribution in [3.63, 3.8) is 0 Å². The number of amides is 1. The maximum atomic E-state index is 12.4. The van der Waals surface area contributed by atoms with Crippen LogP contribution in [0.1, 0.15) is 40.6 Å². The van der Waals surface area contributed by atoms with Crippen LogP contribution in [-0.4, -0.2) is 34.2 Å². The molecule has 22 heavy (non-hydrogen) atoms. The van der Waals surface area contributed by atoms with Gasteiger partial charge in [-0.2, -0.15) is 5.10 Å². The van der Waals surface area contributed by atoms with Crippen LogP contribution in [0.25, 0.3) is 0 Å². The summed E-state index contributed by atoms with van der Waals surface area (Å²) in [5.41, 5.74) is 3.57. The molecule has 0 bridgehead atoms. The third-order valence-corrected chi connectivity index (χ3v) is 5.58. The van der Waals surface area contributed by atoms with Crippen molar-refractivity contribution in [2.75, 3.05) is 13.2 Å². The molecule has 116 valence electrons. The number of nitrogens with one attached hydrogen (secondary N) is 1.